The third-order valence-electron chi connectivity index (χ3n) is 4.07. The van der Waals surface area contributed by atoms with Gasteiger partial charge in [-0.05, 0) is 30.5 Å². The van der Waals surface area contributed by atoms with Crippen LogP contribution in [0.3, 0.4) is 0 Å². The Bertz CT molecular complexity index is 831. The molecule has 0 saturated carbocycles. The van der Waals surface area contributed by atoms with Crippen LogP contribution in [0.1, 0.15) is 18.1 Å². The van der Waals surface area contributed by atoms with E-state index in [2.05, 4.69) is 22.9 Å². The van der Waals surface area contributed by atoms with E-state index in [1.807, 2.05) is 19.1 Å². The number of aromatic nitrogens is 1. The van der Waals surface area contributed by atoms with E-state index in [1.165, 1.54) is 0 Å². The van der Waals surface area contributed by atoms with Crippen molar-refractivity contribution in [1.82, 2.24) is 4.98 Å². The topological polar surface area (TPSA) is 57.0 Å². The molecule has 0 spiro atoms. The van der Waals surface area contributed by atoms with Crippen molar-refractivity contribution in [1.29, 1.82) is 5.26 Å². The fraction of sp³-hybridized carbons (Fsp3) is 0.412. The van der Waals surface area contributed by atoms with Gasteiger partial charge >= 0.3 is 0 Å². The number of fused-ring (bicyclic) bond motifs is 1. The van der Waals surface area contributed by atoms with Crippen LogP contribution in [0.5, 0.6) is 0 Å². The number of hydrogen-bond acceptors (Lipinski definition) is 4. The normalized spacial score (nSPS) is 21.9. The molecule has 2 atom stereocenters. The van der Waals surface area contributed by atoms with Crippen molar-refractivity contribution in [3.8, 4) is 6.07 Å². The highest BCUT2D eigenvalue weighted by Gasteiger charge is 2.23. The molecule has 0 aliphatic carbocycles. The van der Waals surface area contributed by atoms with Crippen molar-refractivity contribution in [2.24, 2.45) is 5.92 Å². The summed E-state index contributed by atoms with van der Waals surface area (Å²) >= 11 is 6.34. The van der Waals surface area contributed by atoms with Gasteiger partial charge in [0.25, 0.3) is 0 Å². The summed E-state index contributed by atoms with van der Waals surface area (Å²) < 4.78 is 12.0. The maximum atomic E-state index is 12.0. The summed E-state index contributed by atoms with van der Waals surface area (Å²) in [4.78, 5) is 6.54. The van der Waals surface area contributed by atoms with Gasteiger partial charge in [0.1, 0.15) is 6.07 Å². The van der Waals surface area contributed by atoms with Crippen molar-refractivity contribution in [3.05, 3.63) is 34.5 Å². The highest BCUT2D eigenvalue weighted by Crippen LogP contribution is 2.34. The number of aryl methyl sites for hydroxylation is 1. The second-order valence-electron chi connectivity index (χ2n) is 6.14. The number of nitriles is 1. The molecule has 1 aromatic carbocycles. The molecular weight excluding hydrogens is 330 g/mol. The van der Waals surface area contributed by atoms with Crippen LogP contribution in [0.15, 0.2) is 18.3 Å². The summed E-state index contributed by atoms with van der Waals surface area (Å²) in [6.45, 7) is 5.54. The Labute approximate surface area is 143 Å². The third-order valence-corrected chi connectivity index (χ3v) is 5.94. The van der Waals surface area contributed by atoms with Gasteiger partial charge in [0.15, 0.2) is 0 Å². The smallest absolute Gasteiger partial charge is 0.103 e. The van der Waals surface area contributed by atoms with E-state index >= 15 is 0 Å². The van der Waals surface area contributed by atoms with E-state index < -0.39 is 10.8 Å². The minimum Gasteiger partial charge on any atom is -0.369 e. The molecule has 0 bridgehead atoms. The quantitative estimate of drug-likeness (QED) is 0.794. The molecule has 0 unspecified atom stereocenters. The molecule has 6 heteroatoms. The van der Waals surface area contributed by atoms with Gasteiger partial charge in [-0.2, -0.15) is 5.26 Å². The first-order valence-corrected chi connectivity index (χ1v) is 9.45. The first-order chi connectivity index (χ1) is 11.0. The number of hydrogen-bond donors (Lipinski definition) is 0. The van der Waals surface area contributed by atoms with Crippen molar-refractivity contribution in [2.75, 3.05) is 29.5 Å². The van der Waals surface area contributed by atoms with Crippen molar-refractivity contribution >= 4 is 39.0 Å². The van der Waals surface area contributed by atoms with Crippen LogP contribution in [0.4, 0.5) is 5.69 Å². The average Bonchev–Trinajstić information content (AvgIpc) is 2.66. The highest BCUT2D eigenvalue weighted by molar-refractivity contribution is 7.85. The number of rotatable bonds is 1. The summed E-state index contributed by atoms with van der Waals surface area (Å²) in [7, 11) is -0.799. The van der Waals surface area contributed by atoms with Gasteiger partial charge in [-0.25, -0.2) is 0 Å². The highest BCUT2D eigenvalue weighted by atomic mass is 35.5. The number of anilines is 1. The fourth-order valence-electron chi connectivity index (χ4n) is 3.14. The van der Waals surface area contributed by atoms with Gasteiger partial charge < -0.3 is 4.90 Å². The first kappa shape index (κ1) is 16.2. The van der Waals surface area contributed by atoms with Gasteiger partial charge in [0.2, 0.25) is 0 Å². The van der Waals surface area contributed by atoms with E-state index in [-0.39, 0.29) is 0 Å². The summed E-state index contributed by atoms with van der Waals surface area (Å²) in [5.41, 5.74) is 3.16. The average molecular weight is 348 g/mol. The largest absolute Gasteiger partial charge is 0.369 e. The van der Waals surface area contributed by atoms with Crippen LogP contribution in [-0.4, -0.2) is 33.8 Å². The fourth-order valence-corrected chi connectivity index (χ4v) is 4.79. The zero-order valence-electron chi connectivity index (χ0n) is 13.2. The predicted octanol–water partition coefficient (Wildman–Crippen LogP) is 3.27. The van der Waals surface area contributed by atoms with Crippen molar-refractivity contribution in [3.63, 3.8) is 0 Å². The molecule has 1 aliphatic heterocycles. The number of benzene rings is 1. The SMILES string of the molecule is Cc1cc(Cl)c2ncc(C#N)c(N3CC[S@](=O)C[C@@H](C)C3)c2c1. The number of nitrogens with zero attached hydrogens (tertiary/aromatic N) is 3. The maximum Gasteiger partial charge on any atom is 0.103 e. The van der Waals surface area contributed by atoms with E-state index in [0.29, 0.717) is 40.1 Å². The summed E-state index contributed by atoms with van der Waals surface area (Å²) in [5, 5.41) is 11.0. The summed E-state index contributed by atoms with van der Waals surface area (Å²) in [6, 6.07) is 6.15. The molecule has 1 aliphatic rings. The molecule has 4 nitrogen and oxygen atoms in total. The van der Waals surface area contributed by atoms with Gasteiger partial charge in [0.05, 0.1) is 21.8 Å². The van der Waals surface area contributed by atoms with Crippen LogP contribution in [-0.2, 0) is 10.8 Å². The molecule has 0 amide bonds. The second-order valence-corrected chi connectivity index (χ2v) is 8.17. The van der Waals surface area contributed by atoms with Gasteiger partial charge in [-0.15, -0.1) is 0 Å². The molecule has 0 radical (unpaired) electrons. The molecule has 2 heterocycles. The minimum absolute atomic E-state index is 0.313. The van der Waals surface area contributed by atoms with E-state index in [4.69, 9.17) is 11.6 Å². The molecule has 3 rings (SSSR count). The maximum absolute atomic E-state index is 12.0. The standard InChI is InChI=1S/C17H18ClN3OS/c1-11-5-14-16(15(18)6-11)20-8-13(7-19)17(14)21-3-4-23(22)10-12(2)9-21/h5-6,8,12H,3-4,9-10H2,1-2H3/t12-,23-/m0/s1. The van der Waals surface area contributed by atoms with Gasteiger partial charge in [-0.3, -0.25) is 9.19 Å². The Balaban J connectivity index is 2.22. The minimum atomic E-state index is -0.799. The molecule has 23 heavy (non-hydrogen) atoms. The lowest BCUT2D eigenvalue weighted by Gasteiger charge is -2.27. The van der Waals surface area contributed by atoms with E-state index in [1.54, 1.807) is 6.20 Å². The number of pyridine rings is 1. The van der Waals surface area contributed by atoms with E-state index in [9.17, 15) is 9.47 Å². The zero-order valence-corrected chi connectivity index (χ0v) is 14.7. The zero-order chi connectivity index (χ0) is 16.6. The van der Waals surface area contributed by atoms with Crippen LogP contribution >= 0.6 is 11.6 Å². The molecule has 2 aromatic rings. The lowest BCUT2D eigenvalue weighted by molar-refractivity contribution is 0.631. The van der Waals surface area contributed by atoms with Crippen LogP contribution in [0.2, 0.25) is 5.02 Å². The molecule has 1 fully saturated rings. The summed E-state index contributed by atoms with van der Waals surface area (Å²) in [6.07, 6.45) is 1.59. The van der Waals surface area contributed by atoms with E-state index in [0.717, 1.165) is 23.2 Å². The lowest BCUT2D eigenvalue weighted by Crippen LogP contribution is -2.30. The van der Waals surface area contributed by atoms with Crippen LogP contribution < -0.4 is 4.90 Å². The van der Waals surface area contributed by atoms with Crippen LogP contribution in [0.25, 0.3) is 10.9 Å². The Morgan fingerprint density at radius 2 is 2.26 bits per heavy atom. The van der Waals surface area contributed by atoms with Crippen LogP contribution in [0, 0.1) is 24.2 Å². The lowest BCUT2D eigenvalue weighted by atomic mass is 10.0. The van der Waals surface area contributed by atoms with Gasteiger partial charge in [-0.1, -0.05) is 18.5 Å². The third kappa shape index (κ3) is 3.19. The molecule has 120 valence electrons. The Morgan fingerprint density at radius 1 is 1.48 bits per heavy atom. The summed E-state index contributed by atoms with van der Waals surface area (Å²) in [5.74, 6) is 1.65. The molecule has 1 aromatic heterocycles. The Morgan fingerprint density at radius 3 is 3.00 bits per heavy atom. The van der Waals surface area contributed by atoms with Gasteiger partial charge in [0, 0.05) is 47.0 Å². The molecule has 0 N–H and O–H groups in total. The first-order valence-electron chi connectivity index (χ1n) is 7.58. The Hall–Kier alpha value is -1.64. The van der Waals surface area contributed by atoms with Crippen molar-refractivity contribution < 1.29 is 4.21 Å². The number of halogens is 1. The molecular formula is C17H18ClN3OS. The monoisotopic (exact) mass is 347 g/mol. The Kier molecular flexibility index (Phi) is 4.56. The molecule has 1 saturated heterocycles. The predicted molar refractivity (Wildman–Crippen MR) is 95.5 cm³/mol. The van der Waals surface area contributed by atoms with Crippen molar-refractivity contribution in [2.45, 2.75) is 13.8 Å². The second kappa shape index (κ2) is 6.46.